The van der Waals surface area contributed by atoms with Gasteiger partial charge >= 0.3 is 0 Å². The van der Waals surface area contributed by atoms with Crippen LogP contribution >= 0.6 is 0 Å². The van der Waals surface area contributed by atoms with Crippen molar-refractivity contribution in [3.05, 3.63) is 18.2 Å². The highest BCUT2D eigenvalue weighted by Crippen LogP contribution is 2.33. The molecule has 1 aliphatic carbocycles. The fraction of sp³-hybridized carbons (Fsp3) is 0.786. The largest absolute Gasteiger partial charge is 0.333 e. The van der Waals surface area contributed by atoms with Crippen molar-refractivity contribution >= 4 is 0 Å². The van der Waals surface area contributed by atoms with Gasteiger partial charge in [-0.3, -0.25) is 4.90 Å². The van der Waals surface area contributed by atoms with Crippen molar-refractivity contribution in [2.75, 3.05) is 19.6 Å². The second-order valence-corrected chi connectivity index (χ2v) is 5.62. The fourth-order valence-electron chi connectivity index (χ4n) is 3.21. The third-order valence-electron chi connectivity index (χ3n) is 4.45. The summed E-state index contributed by atoms with van der Waals surface area (Å²) in [5, 5.41) is 3.57. The number of aromatic nitrogens is 2. The maximum Gasteiger partial charge on any atom is 0.122 e. The molecule has 100 valence electrons. The molecule has 0 amide bonds. The number of imidazole rings is 1. The number of hydrogen-bond acceptors (Lipinski definition) is 3. The van der Waals surface area contributed by atoms with Gasteiger partial charge in [0, 0.05) is 31.5 Å². The second kappa shape index (κ2) is 5.41. The quantitative estimate of drug-likeness (QED) is 0.801. The van der Waals surface area contributed by atoms with Gasteiger partial charge in [-0.2, -0.15) is 0 Å². The molecule has 1 fully saturated rings. The Morgan fingerprint density at radius 2 is 2.33 bits per heavy atom. The second-order valence-electron chi connectivity index (χ2n) is 5.62. The lowest BCUT2D eigenvalue weighted by atomic mass is 9.78. The topological polar surface area (TPSA) is 33.1 Å². The monoisotopic (exact) mass is 248 g/mol. The molecule has 0 saturated heterocycles. The summed E-state index contributed by atoms with van der Waals surface area (Å²) >= 11 is 0. The van der Waals surface area contributed by atoms with E-state index < -0.39 is 0 Å². The number of nitrogens with one attached hydrogen (secondary N) is 1. The zero-order valence-electron chi connectivity index (χ0n) is 11.3. The zero-order valence-corrected chi connectivity index (χ0v) is 11.3. The molecule has 18 heavy (non-hydrogen) atoms. The van der Waals surface area contributed by atoms with Crippen molar-refractivity contribution in [3.8, 4) is 0 Å². The Morgan fingerprint density at radius 3 is 3.11 bits per heavy atom. The summed E-state index contributed by atoms with van der Waals surface area (Å²) in [4.78, 5) is 7.10. The maximum atomic E-state index is 4.45. The van der Waals surface area contributed by atoms with E-state index in [-0.39, 0.29) is 0 Å². The van der Waals surface area contributed by atoms with Crippen LogP contribution in [0.4, 0.5) is 0 Å². The van der Waals surface area contributed by atoms with E-state index >= 15 is 0 Å². The van der Waals surface area contributed by atoms with Gasteiger partial charge in [0.05, 0.1) is 6.54 Å². The minimum atomic E-state index is 0.791. The van der Waals surface area contributed by atoms with Gasteiger partial charge in [0.25, 0.3) is 0 Å². The average molecular weight is 248 g/mol. The van der Waals surface area contributed by atoms with Gasteiger partial charge in [0.15, 0.2) is 0 Å². The predicted molar refractivity (Wildman–Crippen MR) is 72.3 cm³/mol. The van der Waals surface area contributed by atoms with Crippen LogP contribution in [0.25, 0.3) is 0 Å². The molecule has 1 N–H and O–H groups in total. The number of fused-ring (bicyclic) bond motifs is 1. The maximum absolute atomic E-state index is 4.45. The molecule has 0 spiro atoms. The molecule has 0 radical (unpaired) electrons. The first-order valence-electron chi connectivity index (χ1n) is 7.33. The summed E-state index contributed by atoms with van der Waals surface area (Å²) in [5.74, 6) is 2.10. The van der Waals surface area contributed by atoms with Gasteiger partial charge in [-0.05, 0) is 38.3 Å². The highest BCUT2D eigenvalue weighted by molar-refractivity contribution is 4.99. The smallest absolute Gasteiger partial charge is 0.122 e. The Bertz CT molecular complexity index is 387. The third kappa shape index (κ3) is 2.31. The SMILES string of the molecule is CCCNCC1CCC1N1CCn2ccnc2C1. The van der Waals surface area contributed by atoms with Gasteiger partial charge in [0.2, 0.25) is 0 Å². The summed E-state index contributed by atoms with van der Waals surface area (Å²) in [6, 6.07) is 0.791. The molecule has 2 heterocycles. The molecule has 0 bridgehead atoms. The van der Waals surface area contributed by atoms with E-state index in [0.29, 0.717) is 0 Å². The van der Waals surface area contributed by atoms with Crippen LogP contribution in [0.2, 0.25) is 0 Å². The number of hydrogen-bond donors (Lipinski definition) is 1. The first-order valence-corrected chi connectivity index (χ1v) is 7.33. The van der Waals surface area contributed by atoms with Crippen molar-refractivity contribution in [2.24, 2.45) is 5.92 Å². The van der Waals surface area contributed by atoms with Crippen molar-refractivity contribution in [2.45, 2.75) is 45.3 Å². The molecule has 2 aliphatic rings. The summed E-state index contributed by atoms with van der Waals surface area (Å²) in [7, 11) is 0. The van der Waals surface area contributed by atoms with Crippen molar-refractivity contribution in [1.82, 2.24) is 19.8 Å². The van der Waals surface area contributed by atoms with E-state index in [1.807, 2.05) is 6.20 Å². The van der Waals surface area contributed by atoms with Crippen LogP contribution in [-0.2, 0) is 13.1 Å². The summed E-state index contributed by atoms with van der Waals surface area (Å²) in [5.41, 5.74) is 0. The lowest BCUT2D eigenvalue weighted by Crippen LogP contribution is -2.52. The van der Waals surface area contributed by atoms with Crippen molar-refractivity contribution < 1.29 is 0 Å². The Kier molecular flexibility index (Phi) is 3.66. The molecule has 1 saturated carbocycles. The third-order valence-corrected chi connectivity index (χ3v) is 4.45. The Hall–Kier alpha value is -0.870. The number of rotatable bonds is 5. The lowest BCUT2D eigenvalue weighted by molar-refractivity contribution is 0.0398. The van der Waals surface area contributed by atoms with E-state index in [2.05, 4.69) is 32.9 Å². The lowest BCUT2D eigenvalue weighted by Gasteiger charge is -2.46. The first-order chi connectivity index (χ1) is 8.88. The van der Waals surface area contributed by atoms with Crippen molar-refractivity contribution in [1.29, 1.82) is 0 Å². The van der Waals surface area contributed by atoms with E-state index in [4.69, 9.17) is 0 Å². The van der Waals surface area contributed by atoms with Crippen LogP contribution in [-0.4, -0.2) is 40.1 Å². The molecular formula is C14H24N4. The Labute approximate surface area is 109 Å². The molecule has 4 nitrogen and oxygen atoms in total. The fourth-order valence-corrected chi connectivity index (χ4v) is 3.21. The van der Waals surface area contributed by atoms with Crippen LogP contribution in [0.3, 0.4) is 0 Å². The van der Waals surface area contributed by atoms with Gasteiger partial charge < -0.3 is 9.88 Å². The van der Waals surface area contributed by atoms with Gasteiger partial charge in [0.1, 0.15) is 5.82 Å². The average Bonchev–Trinajstić information content (AvgIpc) is 2.80. The summed E-state index contributed by atoms with van der Waals surface area (Å²) in [6.45, 7) is 7.94. The van der Waals surface area contributed by atoms with E-state index in [0.717, 1.165) is 31.6 Å². The van der Waals surface area contributed by atoms with E-state index in [9.17, 15) is 0 Å². The highest BCUT2D eigenvalue weighted by atomic mass is 15.3. The van der Waals surface area contributed by atoms with Crippen LogP contribution in [0.15, 0.2) is 12.4 Å². The minimum absolute atomic E-state index is 0.791. The van der Waals surface area contributed by atoms with Crippen LogP contribution < -0.4 is 5.32 Å². The van der Waals surface area contributed by atoms with Gasteiger partial charge in [-0.15, -0.1) is 0 Å². The Balaban J connectivity index is 1.53. The summed E-state index contributed by atoms with van der Waals surface area (Å²) < 4.78 is 2.29. The van der Waals surface area contributed by atoms with Crippen LogP contribution in [0.5, 0.6) is 0 Å². The minimum Gasteiger partial charge on any atom is -0.333 e. The Morgan fingerprint density at radius 1 is 1.39 bits per heavy atom. The van der Waals surface area contributed by atoms with Gasteiger partial charge in [-0.25, -0.2) is 4.98 Å². The number of nitrogens with zero attached hydrogens (tertiary/aromatic N) is 3. The van der Waals surface area contributed by atoms with Crippen molar-refractivity contribution in [3.63, 3.8) is 0 Å². The highest BCUT2D eigenvalue weighted by Gasteiger charge is 2.36. The molecule has 4 heteroatoms. The summed E-state index contributed by atoms with van der Waals surface area (Å²) in [6.07, 6.45) is 8.04. The van der Waals surface area contributed by atoms with Crippen LogP contribution in [0.1, 0.15) is 32.0 Å². The molecule has 2 atom stereocenters. The zero-order chi connectivity index (χ0) is 12.4. The molecule has 2 unspecified atom stereocenters. The van der Waals surface area contributed by atoms with Gasteiger partial charge in [-0.1, -0.05) is 6.92 Å². The molecular weight excluding hydrogens is 224 g/mol. The normalized spacial score (nSPS) is 27.8. The molecule has 1 aromatic heterocycles. The molecule has 3 rings (SSSR count). The first kappa shape index (κ1) is 12.2. The standard InChI is InChI=1S/C14H24N4/c1-2-5-15-10-12-3-4-13(12)18-9-8-17-7-6-16-14(17)11-18/h6-7,12-13,15H,2-5,8-11H2,1H3. The molecule has 0 aromatic carbocycles. The molecule has 1 aromatic rings. The van der Waals surface area contributed by atoms with E-state index in [1.165, 1.54) is 38.2 Å². The van der Waals surface area contributed by atoms with E-state index in [1.54, 1.807) is 0 Å². The predicted octanol–water partition coefficient (Wildman–Crippen LogP) is 1.48. The van der Waals surface area contributed by atoms with Crippen LogP contribution in [0, 0.1) is 5.92 Å². The molecule has 1 aliphatic heterocycles.